The molecule has 0 bridgehead atoms. The van der Waals surface area contributed by atoms with Crippen molar-refractivity contribution in [1.29, 1.82) is 0 Å². The molecule has 0 saturated carbocycles. The summed E-state index contributed by atoms with van der Waals surface area (Å²) in [6, 6.07) is 28.9. The van der Waals surface area contributed by atoms with Crippen molar-refractivity contribution in [3.05, 3.63) is 125 Å². The second kappa shape index (κ2) is 20.0. The molecule has 2 aromatic heterocycles. The first-order valence-electron chi connectivity index (χ1n) is 17.6. The largest absolute Gasteiger partial charge is 0.326 e. The van der Waals surface area contributed by atoms with Gasteiger partial charge in [0.2, 0.25) is 5.52 Å². The third kappa shape index (κ3) is 11.4. The zero-order valence-corrected chi connectivity index (χ0v) is 34.3. The van der Waals surface area contributed by atoms with Gasteiger partial charge in [-0.15, -0.1) is 0 Å². The van der Waals surface area contributed by atoms with Crippen LogP contribution in [0.5, 0.6) is 0 Å². The molecule has 54 heavy (non-hydrogen) atoms. The number of rotatable bonds is 9. The quantitative estimate of drug-likeness (QED) is 0.0957. The number of aromatic nitrogens is 2. The lowest BCUT2D eigenvalue weighted by Gasteiger charge is -2.20. The first-order valence-corrected chi connectivity index (χ1v) is 22.5. The molecule has 286 valence electrons. The van der Waals surface area contributed by atoms with E-state index in [0.29, 0.717) is 27.7 Å². The third-order valence-corrected chi connectivity index (χ3v) is 11.3. The van der Waals surface area contributed by atoms with E-state index in [9.17, 15) is 25.9 Å². The lowest BCUT2D eigenvalue weighted by Crippen LogP contribution is -2.39. The van der Waals surface area contributed by atoms with Crippen molar-refractivity contribution in [1.82, 2.24) is 10.3 Å². The maximum absolute atomic E-state index is 12.1. The molecule has 7 rings (SSSR count). The van der Waals surface area contributed by atoms with E-state index in [0.717, 1.165) is 49.8 Å². The Bertz CT molecular complexity index is 2420. The molecule has 10 nitrogen and oxygen atoms in total. The zero-order chi connectivity index (χ0) is 39.3. The zero-order valence-electron chi connectivity index (χ0n) is 31.0. The Morgan fingerprint density at radius 1 is 0.796 bits per heavy atom. The second-order valence-electron chi connectivity index (χ2n) is 11.6. The maximum atomic E-state index is 12.1. The summed E-state index contributed by atoms with van der Waals surface area (Å²) in [7, 11) is -8.73. The van der Waals surface area contributed by atoms with Crippen LogP contribution < -0.4 is 14.8 Å². The standard InChI is InChI=1S/C29H24N2O6S4.C5H5N.C4H11N.C2H6/c1-2-19(15-26-30(17-40(32,33)34)28-22-9-5-3-7-20(22)11-13-24(28)38-26)16-27-31(18-41(35,36)37)29-23-10-6-4-8-21(23)12-14-25(29)39-27;1-2-4-6-5-3-1;1-3-5-4-2;1-2/h3-16H,2,17-18H2,1H3,(H-,32,33,34,35,36,37);1-5H;5H,3-4H2,1-2H3;1-2H3/p+1. The highest BCUT2D eigenvalue weighted by Crippen LogP contribution is 2.50. The Hall–Kier alpha value is -4.15. The fourth-order valence-corrected chi connectivity index (χ4v) is 9.33. The topological polar surface area (TPSA) is 141 Å². The van der Waals surface area contributed by atoms with E-state index in [1.54, 1.807) is 21.9 Å². The number of thiazole rings is 1. The second-order valence-corrected chi connectivity index (χ2v) is 16.6. The molecule has 0 fully saturated rings. The molecule has 14 heteroatoms. The van der Waals surface area contributed by atoms with Crippen LogP contribution in [0.1, 0.15) is 46.0 Å². The SMILES string of the molecule is CC.CCC(=C/c1sc2ccc3ccccc3c2[n+]1CS(=O)(=O)O)/C=C1/Sc2ccc3ccccc3c2N1CS(=O)(=O)O.CCNCC.c1ccncc1. The molecule has 0 amide bonds. The van der Waals surface area contributed by atoms with Crippen molar-refractivity contribution in [3.63, 3.8) is 0 Å². The molecule has 0 radical (unpaired) electrons. The summed E-state index contributed by atoms with van der Waals surface area (Å²) in [6.07, 6.45) is 7.79. The van der Waals surface area contributed by atoms with Crippen LogP contribution in [0.25, 0.3) is 37.8 Å². The number of hydrogen-bond donors (Lipinski definition) is 3. The van der Waals surface area contributed by atoms with Crippen molar-refractivity contribution in [2.45, 2.75) is 51.8 Å². The Morgan fingerprint density at radius 2 is 1.41 bits per heavy atom. The molecule has 0 spiro atoms. The summed E-state index contributed by atoms with van der Waals surface area (Å²) >= 11 is 2.81. The summed E-state index contributed by atoms with van der Waals surface area (Å²) in [5.74, 6) is -1.22. The Morgan fingerprint density at radius 3 is 1.94 bits per heavy atom. The van der Waals surface area contributed by atoms with Crippen LogP contribution in [-0.4, -0.2) is 49.9 Å². The number of thioether (sulfide) groups is 1. The highest BCUT2D eigenvalue weighted by atomic mass is 32.2. The lowest BCUT2D eigenvalue weighted by molar-refractivity contribution is -0.648. The van der Waals surface area contributed by atoms with E-state index in [4.69, 9.17) is 0 Å². The van der Waals surface area contributed by atoms with Crippen LogP contribution >= 0.6 is 23.1 Å². The van der Waals surface area contributed by atoms with E-state index in [-0.39, 0.29) is 0 Å². The van der Waals surface area contributed by atoms with E-state index in [1.807, 2.05) is 124 Å². The molecule has 3 heterocycles. The lowest BCUT2D eigenvalue weighted by atomic mass is 10.1. The summed E-state index contributed by atoms with van der Waals surface area (Å²) in [4.78, 5) is 6.25. The Labute approximate surface area is 326 Å². The van der Waals surface area contributed by atoms with E-state index in [2.05, 4.69) is 24.1 Å². The predicted octanol–water partition coefficient (Wildman–Crippen LogP) is 9.16. The van der Waals surface area contributed by atoms with E-state index in [1.165, 1.54) is 23.1 Å². The number of nitrogens with one attached hydrogen (secondary N) is 1. The van der Waals surface area contributed by atoms with Crippen molar-refractivity contribution in [2.24, 2.45) is 0 Å². The average molecular weight is 808 g/mol. The average Bonchev–Trinajstić information content (AvgIpc) is 3.68. The number of allylic oxidation sites excluding steroid dienone is 2. The number of fused-ring (bicyclic) bond motifs is 6. The molecule has 0 aliphatic carbocycles. The number of nitrogens with zero attached hydrogens (tertiary/aromatic N) is 3. The number of anilines is 1. The van der Waals surface area contributed by atoms with Crippen LogP contribution in [0.4, 0.5) is 5.69 Å². The van der Waals surface area contributed by atoms with Crippen LogP contribution in [0, 0.1) is 0 Å². The molecule has 3 N–H and O–H groups in total. The van der Waals surface area contributed by atoms with Gasteiger partial charge in [0.15, 0.2) is 5.88 Å². The summed E-state index contributed by atoms with van der Waals surface area (Å²) in [6.45, 7) is 12.3. The first kappa shape index (κ1) is 42.6. The van der Waals surface area contributed by atoms with Gasteiger partial charge in [0, 0.05) is 28.8 Å². The van der Waals surface area contributed by atoms with Gasteiger partial charge >= 0.3 is 10.1 Å². The molecule has 0 unspecified atom stereocenters. The fraction of sp³-hybridized carbons (Fsp3) is 0.250. The van der Waals surface area contributed by atoms with Crippen LogP contribution in [0.3, 0.4) is 0 Å². The van der Waals surface area contributed by atoms with Gasteiger partial charge in [0.25, 0.3) is 21.0 Å². The van der Waals surface area contributed by atoms with Gasteiger partial charge in [-0.2, -0.15) is 21.4 Å². The van der Waals surface area contributed by atoms with Crippen molar-refractivity contribution in [2.75, 3.05) is 23.9 Å². The Kier molecular flexibility index (Phi) is 15.7. The number of benzene rings is 4. The first-order chi connectivity index (χ1) is 25.9. The minimum absolute atomic E-state index is 0.557. The molecule has 1 aliphatic heterocycles. The molecule has 0 atom stereocenters. The molecular weight excluding hydrogens is 761 g/mol. The van der Waals surface area contributed by atoms with Gasteiger partial charge in [-0.05, 0) is 72.3 Å². The van der Waals surface area contributed by atoms with Crippen molar-refractivity contribution >= 4 is 86.9 Å². The third-order valence-electron chi connectivity index (χ3n) is 7.91. The van der Waals surface area contributed by atoms with Gasteiger partial charge in [-0.3, -0.25) is 14.1 Å². The summed E-state index contributed by atoms with van der Waals surface area (Å²) in [5.41, 5.74) is 2.23. The van der Waals surface area contributed by atoms with Gasteiger partial charge in [-0.1, -0.05) is 118 Å². The normalized spacial score (nSPS) is 13.5. The Balaban J connectivity index is 0.000000429. The van der Waals surface area contributed by atoms with E-state index >= 15 is 0 Å². The summed E-state index contributed by atoms with van der Waals surface area (Å²) < 4.78 is 70.5. The van der Waals surface area contributed by atoms with Gasteiger partial charge in [0.1, 0.15) is 4.70 Å². The smallest absolute Gasteiger partial charge is 0.317 e. The van der Waals surface area contributed by atoms with Gasteiger partial charge < -0.3 is 10.2 Å². The van der Waals surface area contributed by atoms with Gasteiger partial charge in [0.05, 0.1) is 16.1 Å². The molecule has 6 aromatic rings. The monoisotopic (exact) mass is 807 g/mol. The fourth-order valence-electron chi connectivity index (χ4n) is 5.67. The minimum atomic E-state index is -4.36. The highest BCUT2D eigenvalue weighted by molar-refractivity contribution is 8.03. The highest BCUT2D eigenvalue weighted by Gasteiger charge is 2.31. The van der Waals surface area contributed by atoms with Crippen LogP contribution in [0.2, 0.25) is 0 Å². The maximum Gasteiger partial charge on any atom is 0.326 e. The molecule has 4 aromatic carbocycles. The van der Waals surface area contributed by atoms with Gasteiger partial charge in [-0.25, -0.2) is 0 Å². The van der Waals surface area contributed by atoms with Crippen LogP contribution in [-0.2, 0) is 26.1 Å². The molecule has 0 saturated heterocycles. The van der Waals surface area contributed by atoms with Crippen molar-refractivity contribution in [3.8, 4) is 0 Å². The van der Waals surface area contributed by atoms with E-state index < -0.39 is 32.0 Å². The number of pyridine rings is 1. The number of hydrogen-bond acceptors (Lipinski definition) is 9. The summed E-state index contributed by atoms with van der Waals surface area (Å²) in [5, 5.41) is 7.99. The molecule has 1 aliphatic rings. The van der Waals surface area contributed by atoms with Crippen LogP contribution in [0.15, 0.2) is 125 Å². The minimum Gasteiger partial charge on any atom is -0.317 e. The van der Waals surface area contributed by atoms with Crippen molar-refractivity contribution < 1.29 is 30.5 Å². The predicted molar refractivity (Wildman–Crippen MR) is 226 cm³/mol. The molecular formula is C40H47N4O6S4+.